The molecule has 0 aromatic heterocycles. The van der Waals surface area contributed by atoms with Gasteiger partial charge in [-0.1, -0.05) is 6.07 Å². The van der Waals surface area contributed by atoms with Crippen molar-refractivity contribution in [3.63, 3.8) is 0 Å². The van der Waals surface area contributed by atoms with Crippen LogP contribution in [0.25, 0.3) is 0 Å². The summed E-state index contributed by atoms with van der Waals surface area (Å²) in [6, 6.07) is 5.72. The summed E-state index contributed by atoms with van der Waals surface area (Å²) in [7, 11) is -3.76. The minimum atomic E-state index is -3.76. The van der Waals surface area contributed by atoms with Crippen molar-refractivity contribution >= 4 is 21.9 Å². The maximum Gasteiger partial charge on any atom is 0.338 e. The fourth-order valence-electron chi connectivity index (χ4n) is 2.59. The van der Waals surface area contributed by atoms with E-state index in [-0.39, 0.29) is 41.7 Å². The Labute approximate surface area is 152 Å². The van der Waals surface area contributed by atoms with Crippen LogP contribution in [-0.4, -0.2) is 52.2 Å². The summed E-state index contributed by atoms with van der Waals surface area (Å²) in [6.07, 6.45) is 3.50. The summed E-state index contributed by atoms with van der Waals surface area (Å²) in [6.45, 7) is 0.448. The zero-order valence-electron chi connectivity index (χ0n) is 14.3. The van der Waals surface area contributed by atoms with E-state index in [0.29, 0.717) is 6.61 Å². The second-order valence-corrected chi connectivity index (χ2v) is 8.20. The van der Waals surface area contributed by atoms with Crippen LogP contribution in [0.1, 0.15) is 36.0 Å². The number of esters is 1. The zero-order chi connectivity index (χ0) is 18.6. The Morgan fingerprint density at radius 1 is 1.23 bits per heavy atom. The standard InChI is InChI=1S/C17H22N2O6S/c20-16(19-13-6-7-13)11-25-17(21)12-3-1-5-15(9-12)26(22,23)18-10-14-4-2-8-24-14/h1,3,5,9,13-14,18H,2,4,6-8,10-11H2,(H,19,20)/t14-/m0/s1. The van der Waals surface area contributed by atoms with Crippen molar-refractivity contribution in [1.29, 1.82) is 0 Å². The Hall–Kier alpha value is -1.97. The van der Waals surface area contributed by atoms with Crippen molar-refractivity contribution < 1.29 is 27.5 Å². The van der Waals surface area contributed by atoms with Gasteiger partial charge in [0.2, 0.25) is 10.0 Å². The quantitative estimate of drug-likeness (QED) is 0.636. The van der Waals surface area contributed by atoms with Gasteiger partial charge in [0.1, 0.15) is 0 Å². The molecule has 26 heavy (non-hydrogen) atoms. The first-order valence-corrected chi connectivity index (χ1v) is 10.1. The molecule has 1 saturated heterocycles. The molecule has 0 bridgehead atoms. The molecule has 3 rings (SSSR count). The van der Waals surface area contributed by atoms with Gasteiger partial charge in [-0.05, 0) is 43.9 Å². The molecule has 9 heteroatoms. The van der Waals surface area contributed by atoms with E-state index in [0.717, 1.165) is 25.7 Å². The molecule has 0 spiro atoms. The second kappa shape index (κ2) is 8.15. The molecular weight excluding hydrogens is 360 g/mol. The van der Waals surface area contributed by atoms with E-state index in [4.69, 9.17) is 9.47 Å². The molecule has 1 aliphatic heterocycles. The molecule has 0 radical (unpaired) electrons. The summed E-state index contributed by atoms with van der Waals surface area (Å²) in [5.41, 5.74) is 0.0733. The molecular formula is C17H22N2O6S. The third-order valence-corrected chi connectivity index (χ3v) is 5.60. The molecule has 1 saturated carbocycles. The lowest BCUT2D eigenvalue weighted by Gasteiger charge is -2.12. The van der Waals surface area contributed by atoms with Crippen LogP contribution in [0.5, 0.6) is 0 Å². The van der Waals surface area contributed by atoms with Crippen LogP contribution < -0.4 is 10.0 Å². The molecule has 1 heterocycles. The van der Waals surface area contributed by atoms with Gasteiger partial charge in [0.15, 0.2) is 6.61 Å². The van der Waals surface area contributed by atoms with Crippen LogP contribution in [0, 0.1) is 0 Å². The molecule has 1 aliphatic carbocycles. The monoisotopic (exact) mass is 382 g/mol. The van der Waals surface area contributed by atoms with Gasteiger partial charge in [0.05, 0.1) is 16.6 Å². The summed E-state index contributed by atoms with van der Waals surface area (Å²) in [5.74, 6) is -1.10. The minimum Gasteiger partial charge on any atom is -0.452 e. The average Bonchev–Trinajstić information content (AvgIpc) is 3.28. The van der Waals surface area contributed by atoms with Gasteiger partial charge in [-0.25, -0.2) is 17.9 Å². The highest BCUT2D eigenvalue weighted by atomic mass is 32.2. The predicted octanol–water partition coefficient (Wildman–Crippen LogP) is 0.579. The summed E-state index contributed by atoms with van der Waals surface area (Å²) in [5, 5.41) is 2.71. The summed E-state index contributed by atoms with van der Waals surface area (Å²) >= 11 is 0. The van der Waals surface area contributed by atoms with E-state index in [1.807, 2.05) is 0 Å². The topological polar surface area (TPSA) is 111 Å². The number of carbonyl (C=O) groups excluding carboxylic acids is 2. The molecule has 142 valence electrons. The smallest absolute Gasteiger partial charge is 0.338 e. The van der Waals surface area contributed by atoms with E-state index in [1.165, 1.54) is 24.3 Å². The van der Waals surface area contributed by atoms with Crippen LogP contribution in [0.3, 0.4) is 0 Å². The Morgan fingerprint density at radius 3 is 2.73 bits per heavy atom. The van der Waals surface area contributed by atoms with Gasteiger partial charge in [-0.3, -0.25) is 4.79 Å². The first kappa shape index (κ1) is 18.8. The van der Waals surface area contributed by atoms with Crippen LogP contribution in [0.15, 0.2) is 29.2 Å². The normalized spacial score (nSPS) is 19.9. The van der Waals surface area contributed by atoms with E-state index >= 15 is 0 Å². The Balaban J connectivity index is 1.57. The summed E-state index contributed by atoms with van der Waals surface area (Å²) in [4.78, 5) is 23.6. The highest BCUT2D eigenvalue weighted by Crippen LogP contribution is 2.18. The van der Waals surface area contributed by atoms with Gasteiger partial charge < -0.3 is 14.8 Å². The number of amides is 1. The second-order valence-electron chi connectivity index (χ2n) is 6.43. The minimum absolute atomic E-state index is 0.0348. The molecule has 1 aromatic carbocycles. The van der Waals surface area contributed by atoms with Crippen LogP contribution in [0.4, 0.5) is 0 Å². The van der Waals surface area contributed by atoms with Crippen molar-refractivity contribution in [3.05, 3.63) is 29.8 Å². The molecule has 2 N–H and O–H groups in total. The number of hydrogen-bond acceptors (Lipinski definition) is 6. The van der Waals surface area contributed by atoms with Gasteiger partial charge in [0.25, 0.3) is 5.91 Å². The Bertz CT molecular complexity index is 769. The highest BCUT2D eigenvalue weighted by molar-refractivity contribution is 7.89. The molecule has 1 amide bonds. The lowest BCUT2D eigenvalue weighted by atomic mass is 10.2. The van der Waals surface area contributed by atoms with Crippen molar-refractivity contribution in [2.24, 2.45) is 0 Å². The first-order valence-electron chi connectivity index (χ1n) is 8.62. The Kier molecular flexibility index (Phi) is 5.90. The third kappa shape index (κ3) is 5.26. The number of sulfonamides is 1. The van der Waals surface area contributed by atoms with E-state index < -0.39 is 16.0 Å². The number of hydrogen-bond donors (Lipinski definition) is 2. The van der Waals surface area contributed by atoms with Gasteiger partial charge in [0, 0.05) is 19.2 Å². The molecule has 1 atom stereocenters. The average molecular weight is 382 g/mol. The SMILES string of the molecule is O=C(COC(=O)c1cccc(S(=O)(=O)NC[C@@H]2CCCO2)c1)NC1CC1. The van der Waals surface area contributed by atoms with Gasteiger partial charge in [-0.15, -0.1) is 0 Å². The summed E-state index contributed by atoms with van der Waals surface area (Å²) < 4.78 is 37.6. The lowest BCUT2D eigenvalue weighted by molar-refractivity contribution is -0.124. The van der Waals surface area contributed by atoms with E-state index in [9.17, 15) is 18.0 Å². The number of rotatable bonds is 8. The Morgan fingerprint density at radius 2 is 2.04 bits per heavy atom. The molecule has 1 aromatic rings. The molecule has 0 unspecified atom stereocenters. The number of nitrogens with one attached hydrogen (secondary N) is 2. The molecule has 2 fully saturated rings. The zero-order valence-corrected chi connectivity index (χ0v) is 15.1. The van der Waals surface area contributed by atoms with Crippen LogP contribution >= 0.6 is 0 Å². The van der Waals surface area contributed by atoms with E-state index in [1.54, 1.807) is 0 Å². The lowest BCUT2D eigenvalue weighted by Crippen LogP contribution is -2.32. The number of benzene rings is 1. The maximum absolute atomic E-state index is 12.4. The van der Waals surface area contributed by atoms with Crippen molar-refractivity contribution in [1.82, 2.24) is 10.0 Å². The highest BCUT2D eigenvalue weighted by Gasteiger charge is 2.24. The van der Waals surface area contributed by atoms with Gasteiger partial charge in [-0.2, -0.15) is 0 Å². The molecule has 2 aliphatic rings. The third-order valence-electron chi connectivity index (χ3n) is 4.18. The first-order chi connectivity index (χ1) is 12.4. The van der Waals surface area contributed by atoms with Crippen LogP contribution in [-0.2, 0) is 24.3 Å². The van der Waals surface area contributed by atoms with E-state index in [2.05, 4.69) is 10.0 Å². The molecule has 8 nitrogen and oxygen atoms in total. The van der Waals surface area contributed by atoms with Crippen LogP contribution in [0.2, 0.25) is 0 Å². The van der Waals surface area contributed by atoms with Crippen molar-refractivity contribution in [3.8, 4) is 0 Å². The number of ether oxygens (including phenoxy) is 2. The number of carbonyl (C=O) groups is 2. The van der Waals surface area contributed by atoms with Crippen molar-refractivity contribution in [2.75, 3.05) is 19.8 Å². The largest absolute Gasteiger partial charge is 0.452 e. The van der Waals surface area contributed by atoms with Crippen molar-refractivity contribution in [2.45, 2.75) is 42.7 Å². The fraction of sp³-hybridized carbons (Fsp3) is 0.529. The van der Waals surface area contributed by atoms with Gasteiger partial charge >= 0.3 is 5.97 Å². The fourth-order valence-corrected chi connectivity index (χ4v) is 3.70. The maximum atomic E-state index is 12.4. The predicted molar refractivity (Wildman–Crippen MR) is 92.1 cm³/mol.